The van der Waals surface area contributed by atoms with Crippen molar-refractivity contribution in [1.29, 1.82) is 0 Å². The molecule has 0 spiro atoms. The van der Waals surface area contributed by atoms with Crippen LogP contribution in [-0.2, 0) is 0 Å². The van der Waals surface area contributed by atoms with E-state index in [1.807, 2.05) is 6.07 Å². The van der Waals surface area contributed by atoms with Crippen LogP contribution in [0.3, 0.4) is 0 Å². The van der Waals surface area contributed by atoms with Gasteiger partial charge in [-0.15, -0.1) is 0 Å². The van der Waals surface area contributed by atoms with Crippen molar-refractivity contribution in [3.05, 3.63) is 66.8 Å². The number of rotatable bonds is 3. The Bertz CT molecular complexity index is 1080. The fraction of sp³-hybridized carbons (Fsp3) is 0. The Hall–Kier alpha value is -3.68. The van der Waals surface area contributed by atoms with Gasteiger partial charge in [0.2, 0.25) is 5.95 Å². The van der Waals surface area contributed by atoms with Crippen LogP contribution in [0.25, 0.3) is 22.4 Å². The van der Waals surface area contributed by atoms with Gasteiger partial charge in [0.15, 0.2) is 5.65 Å². The van der Waals surface area contributed by atoms with Crippen LogP contribution in [0.1, 0.15) is 10.4 Å². The maximum atomic E-state index is 13.6. The van der Waals surface area contributed by atoms with E-state index < -0.39 is 11.9 Å². The standard InChI is InChI=1S/C17H11FN6O/c18-15-12(5-2-6-19-15)17(25)24-11-4-1-3-10(7-11)13-14-16(22-8-20-13)23-9-21-14/h1-9H,(H,24,25)(H,20,21,22,23). The highest BCUT2D eigenvalue weighted by Crippen LogP contribution is 2.25. The van der Waals surface area contributed by atoms with Crippen molar-refractivity contribution in [3.63, 3.8) is 0 Å². The Balaban J connectivity index is 1.67. The maximum Gasteiger partial charge on any atom is 0.260 e. The van der Waals surface area contributed by atoms with Gasteiger partial charge in [-0.2, -0.15) is 4.39 Å². The second-order valence-electron chi connectivity index (χ2n) is 5.20. The molecule has 8 heteroatoms. The Kier molecular flexibility index (Phi) is 3.62. The highest BCUT2D eigenvalue weighted by atomic mass is 19.1. The van der Waals surface area contributed by atoms with E-state index in [4.69, 9.17) is 0 Å². The van der Waals surface area contributed by atoms with Gasteiger partial charge in [-0.25, -0.2) is 19.9 Å². The van der Waals surface area contributed by atoms with Crippen LogP contribution >= 0.6 is 0 Å². The minimum atomic E-state index is -0.814. The molecule has 7 nitrogen and oxygen atoms in total. The molecule has 1 aromatic carbocycles. The summed E-state index contributed by atoms with van der Waals surface area (Å²) in [5.74, 6) is -1.39. The molecular formula is C17H11FN6O. The first-order valence-corrected chi connectivity index (χ1v) is 7.39. The molecule has 2 N–H and O–H groups in total. The van der Waals surface area contributed by atoms with Gasteiger partial charge in [0.05, 0.1) is 17.6 Å². The third-order valence-corrected chi connectivity index (χ3v) is 3.62. The number of carbonyl (C=O) groups is 1. The first kappa shape index (κ1) is 14.9. The normalized spacial score (nSPS) is 10.8. The number of nitrogens with one attached hydrogen (secondary N) is 2. The number of fused-ring (bicyclic) bond motifs is 1. The fourth-order valence-corrected chi connectivity index (χ4v) is 2.48. The molecule has 0 radical (unpaired) electrons. The second-order valence-corrected chi connectivity index (χ2v) is 5.20. The summed E-state index contributed by atoms with van der Waals surface area (Å²) in [4.78, 5) is 31.2. The average Bonchev–Trinajstić information content (AvgIpc) is 3.11. The number of halogens is 1. The number of carbonyl (C=O) groups excluding carboxylic acids is 1. The van der Waals surface area contributed by atoms with Crippen LogP contribution in [0.2, 0.25) is 0 Å². The zero-order valence-electron chi connectivity index (χ0n) is 12.8. The second kappa shape index (κ2) is 6.08. The Morgan fingerprint density at radius 2 is 2.00 bits per heavy atom. The molecule has 0 unspecified atom stereocenters. The quantitative estimate of drug-likeness (QED) is 0.562. The van der Waals surface area contributed by atoms with Gasteiger partial charge < -0.3 is 10.3 Å². The Morgan fingerprint density at radius 3 is 2.88 bits per heavy atom. The summed E-state index contributed by atoms with van der Waals surface area (Å²) in [6.45, 7) is 0. The highest BCUT2D eigenvalue weighted by Gasteiger charge is 2.13. The number of imidazole rings is 1. The number of pyridine rings is 1. The van der Waals surface area contributed by atoms with Gasteiger partial charge in [0, 0.05) is 17.4 Å². The summed E-state index contributed by atoms with van der Waals surface area (Å²) in [5, 5.41) is 2.66. The van der Waals surface area contributed by atoms with E-state index in [2.05, 4.69) is 30.2 Å². The molecule has 3 heterocycles. The molecular weight excluding hydrogens is 323 g/mol. The number of aromatic nitrogens is 5. The lowest BCUT2D eigenvalue weighted by molar-refractivity contribution is 0.102. The van der Waals surface area contributed by atoms with Gasteiger partial charge in [-0.3, -0.25) is 4.79 Å². The van der Waals surface area contributed by atoms with E-state index in [0.717, 1.165) is 5.56 Å². The summed E-state index contributed by atoms with van der Waals surface area (Å²) in [7, 11) is 0. The maximum absolute atomic E-state index is 13.6. The van der Waals surface area contributed by atoms with Crippen molar-refractivity contribution < 1.29 is 9.18 Å². The number of hydrogen-bond donors (Lipinski definition) is 2. The largest absolute Gasteiger partial charge is 0.341 e. The van der Waals surface area contributed by atoms with E-state index in [1.54, 1.807) is 24.5 Å². The lowest BCUT2D eigenvalue weighted by Gasteiger charge is -2.08. The number of amides is 1. The number of aromatic amines is 1. The van der Waals surface area contributed by atoms with Gasteiger partial charge in [-0.05, 0) is 24.3 Å². The monoisotopic (exact) mass is 334 g/mol. The smallest absolute Gasteiger partial charge is 0.260 e. The summed E-state index contributed by atoms with van der Waals surface area (Å²) < 4.78 is 13.6. The van der Waals surface area contributed by atoms with Crippen LogP contribution in [0.15, 0.2) is 55.2 Å². The van der Waals surface area contributed by atoms with Crippen LogP contribution in [0, 0.1) is 5.95 Å². The molecule has 0 bridgehead atoms. The van der Waals surface area contributed by atoms with Crippen molar-refractivity contribution in [2.24, 2.45) is 0 Å². The summed E-state index contributed by atoms with van der Waals surface area (Å²) in [5.41, 5.74) is 3.07. The van der Waals surface area contributed by atoms with E-state index in [-0.39, 0.29) is 5.56 Å². The van der Waals surface area contributed by atoms with Gasteiger partial charge in [0.1, 0.15) is 11.8 Å². The number of benzene rings is 1. The molecule has 1 amide bonds. The van der Waals surface area contributed by atoms with Crippen molar-refractivity contribution in [2.75, 3.05) is 5.32 Å². The number of anilines is 1. The van der Waals surface area contributed by atoms with Crippen LogP contribution in [0.4, 0.5) is 10.1 Å². The first-order valence-electron chi connectivity index (χ1n) is 7.39. The molecule has 0 fully saturated rings. The molecule has 0 saturated carbocycles. The minimum absolute atomic E-state index is 0.120. The fourth-order valence-electron chi connectivity index (χ4n) is 2.48. The summed E-state index contributed by atoms with van der Waals surface area (Å²) in [6.07, 6.45) is 4.26. The summed E-state index contributed by atoms with van der Waals surface area (Å²) >= 11 is 0. The van der Waals surface area contributed by atoms with E-state index in [9.17, 15) is 9.18 Å². The van der Waals surface area contributed by atoms with Gasteiger partial charge in [-0.1, -0.05) is 12.1 Å². The zero-order chi connectivity index (χ0) is 17.2. The highest BCUT2D eigenvalue weighted by molar-refractivity contribution is 6.04. The number of hydrogen-bond acceptors (Lipinski definition) is 5. The molecule has 25 heavy (non-hydrogen) atoms. The first-order chi connectivity index (χ1) is 12.2. The molecule has 0 aliphatic rings. The van der Waals surface area contributed by atoms with E-state index >= 15 is 0 Å². The number of H-pyrrole nitrogens is 1. The zero-order valence-corrected chi connectivity index (χ0v) is 12.8. The van der Waals surface area contributed by atoms with Gasteiger partial charge >= 0.3 is 0 Å². The molecule has 4 rings (SSSR count). The predicted molar refractivity (Wildman–Crippen MR) is 89.3 cm³/mol. The molecule has 0 aliphatic carbocycles. The average molecular weight is 334 g/mol. The predicted octanol–water partition coefficient (Wildman–Crippen LogP) is 2.81. The molecule has 0 aliphatic heterocycles. The molecule has 4 aromatic rings. The molecule has 0 atom stereocenters. The molecule has 0 saturated heterocycles. The topological polar surface area (TPSA) is 96.5 Å². The molecule has 3 aromatic heterocycles. The van der Waals surface area contributed by atoms with E-state index in [1.165, 1.54) is 24.7 Å². The third-order valence-electron chi connectivity index (χ3n) is 3.62. The van der Waals surface area contributed by atoms with Crippen LogP contribution < -0.4 is 5.32 Å². The van der Waals surface area contributed by atoms with Crippen LogP contribution in [-0.4, -0.2) is 30.8 Å². The Morgan fingerprint density at radius 1 is 1.08 bits per heavy atom. The van der Waals surface area contributed by atoms with Crippen molar-refractivity contribution in [3.8, 4) is 11.3 Å². The van der Waals surface area contributed by atoms with Crippen molar-refractivity contribution >= 4 is 22.8 Å². The minimum Gasteiger partial charge on any atom is -0.341 e. The lowest BCUT2D eigenvalue weighted by atomic mass is 10.1. The SMILES string of the molecule is O=C(Nc1cccc(-c2ncnc3nc[nH]c23)c1)c1cccnc1F. The van der Waals surface area contributed by atoms with Gasteiger partial charge in [0.25, 0.3) is 5.91 Å². The van der Waals surface area contributed by atoms with Crippen LogP contribution in [0.5, 0.6) is 0 Å². The Labute approximate surface area is 141 Å². The third kappa shape index (κ3) is 2.80. The van der Waals surface area contributed by atoms with Crippen molar-refractivity contribution in [2.45, 2.75) is 0 Å². The molecule has 122 valence electrons. The summed E-state index contributed by atoms with van der Waals surface area (Å²) in [6, 6.07) is 9.96. The number of nitrogens with zero attached hydrogens (tertiary/aromatic N) is 4. The lowest BCUT2D eigenvalue weighted by Crippen LogP contribution is -2.14. The van der Waals surface area contributed by atoms with E-state index in [0.29, 0.717) is 22.5 Å². The van der Waals surface area contributed by atoms with Crippen molar-refractivity contribution in [1.82, 2.24) is 24.9 Å².